The van der Waals surface area contributed by atoms with Crippen molar-refractivity contribution in [3.05, 3.63) is 31.2 Å². The van der Waals surface area contributed by atoms with Crippen LogP contribution in [0.3, 0.4) is 0 Å². The molecule has 3 nitrogen and oxygen atoms in total. The fourth-order valence-electron chi connectivity index (χ4n) is 2.13. The van der Waals surface area contributed by atoms with Gasteiger partial charge in [0.1, 0.15) is 0 Å². The molecular formula is C11H15IN2O. The minimum atomic E-state index is 0.128. The summed E-state index contributed by atoms with van der Waals surface area (Å²) in [4.78, 5) is 11.8. The first-order valence-electron chi connectivity index (χ1n) is 5.20. The molecule has 2 heterocycles. The van der Waals surface area contributed by atoms with Crippen molar-refractivity contribution in [1.82, 2.24) is 9.88 Å². The maximum absolute atomic E-state index is 11.8. The molecule has 0 saturated carbocycles. The Morgan fingerprint density at radius 2 is 2.33 bits per heavy atom. The summed E-state index contributed by atoms with van der Waals surface area (Å²) in [6, 6.07) is 2.05. The SMILES string of the molecule is CC1CNCCc2c1cc(I)c(=O)n2C. The van der Waals surface area contributed by atoms with Gasteiger partial charge in [0.05, 0.1) is 3.57 Å². The molecule has 4 heteroatoms. The van der Waals surface area contributed by atoms with Gasteiger partial charge in [0.2, 0.25) is 0 Å². The smallest absolute Gasteiger partial charge is 0.263 e. The molecule has 0 spiro atoms. The lowest BCUT2D eigenvalue weighted by atomic mass is 9.99. The number of rotatable bonds is 0. The molecule has 0 bridgehead atoms. The van der Waals surface area contributed by atoms with E-state index in [1.807, 2.05) is 7.05 Å². The average molecular weight is 318 g/mol. The first-order chi connectivity index (χ1) is 7.11. The van der Waals surface area contributed by atoms with Gasteiger partial charge in [-0.2, -0.15) is 0 Å². The third kappa shape index (κ3) is 1.97. The van der Waals surface area contributed by atoms with Crippen molar-refractivity contribution in [2.24, 2.45) is 7.05 Å². The van der Waals surface area contributed by atoms with Gasteiger partial charge in [-0.15, -0.1) is 0 Å². The predicted molar refractivity (Wildman–Crippen MR) is 69.4 cm³/mol. The van der Waals surface area contributed by atoms with Crippen LogP contribution < -0.4 is 10.9 Å². The molecule has 2 rings (SSSR count). The molecule has 82 valence electrons. The molecule has 1 aromatic heterocycles. The van der Waals surface area contributed by atoms with Gasteiger partial charge < -0.3 is 9.88 Å². The summed E-state index contributed by atoms with van der Waals surface area (Å²) in [6.07, 6.45) is 0.947. The molecule has 1 unspecified atom stereocenters. The van der Waals surface area contributed by atoms with Crippen LogP contribution in [-0.2, 0) is 13.5 Å². The Labute approximate surface area is 103 Å². The number of fused-ring (bicyclic) bond motifs is 1. The van der Waals surface area contributed by atoms with Crippen LogP contribution in [0.15, 0.2) is 10.9 Å². The third-order valence-electron chi connectivity index (χ3n) is 3.05. The number of aromatic nitrogens is 1. The zero-order chi connectivity index (χ0) is 11.0. The number of nitrogens with zero attached hydrogens (tertiary/aromatic N) is 1. The predicted octanol–water partition coefficient (Wildman–Crippen LogP) is 1.24. The number of pyridine rings is 1. The van der Waals surface area contributed by atoms with E-state index >= 15 is 0 Å². The number of hydrogen-bond acceptors (Lipinski definition) is 2. The highest BCUT2D eigenvalue weighted by molar-refractivity contribution is 14.1. The van der Waals surface area contributed by atoms with Crippen molar-refractivity contribution in [2.45, 2.75) is 19.3 Å². The molecule has 1 atom stereocenters. The van der Waals surface area contributed by atoms with Gasteiger partial charge in [0, 0.05) is 32.3 Å². The molecule has 0 aromatic carbocycles. The van der Waals surface area contributed by atoms with Crippen molar-refractivity contribution < 1.29 is 0 Å². The monoisotopic (exact) mass is 318 g/mol. The second-order valence-electron chi connectivity index (χ2n) is 4.11. The van der Waals surface area contributed by atoms with Crippen LogP contribution in [0.4, 0.5) is 0 Å². The van der Waals surface area contributed by atoms with E-state index in [1.165, 1.54) is 11.3 Å². The Balaban J connectivity index is 2.65. The molecule has 15 heavy (non-hydrogen) atoms. The van der Waals surface area contributed by atoms with E-state index in [4.69, 9.17) is 0 Å². The second kappa shape index (κ2) is 4.25. The van der Waals surface area contributed by atoms with Crippen LogP contribution in [0.1, 0.15) is 24.1 Å². The van der Waals surface area contributed by atoms with E-state index in [0.29, 0.717) is 5.92 Å². The highest BCUT2D eigenvalue weighted by atomic mass is 127. The first kappa shape index (κ1) is 11.1. The van der Waals surface area contributed by atoms with E-state index in [2.05, 4.69) is 40.9 Å². The largest absolute Gasteiger partial charge is 0.316 e. The zero-order valence-corrected chi connectivity index (χ0v) is 11.2. The van der Waals surface area contributed by atoms with E-state index in [-0.39, 0.29) is 5.56 Å². The highest BCUT2D eigenvalue weighted by Crippen LogP contribution is 2.22. The Morgan fingerprint density at radius 1 is 1.60 bits per heavy atom. The molecule has 1 aliphatic heterocycles. The topological polar surface area (TPSA) is 34.0 Å². The highest BCUT2D eigenvalue weighted by Gasteiger charge is 2.18. The van der Waals surface area contributed by atoms with E-state index < -0.39 is 0 Å². The Morgan fingerprint density at radius 3 is 3.07 bits per heavy atom. The van der Waals surface area contributed by atoms with E-state index in [9.17, 15) is 4.79 Å². The molecule has 1 aromatic rings. The maximum Gasteiger partial charge on any atom is 0.263 e. The van der Waals surface area contributed by atoms with Crippen molar-refractivity contribution >= 4 is 22.6 Å². The second-order valence-corrected chi connectivity index (χ2v) is 5.28. The van der Waals surface area contributed by atoms with Crippen molar-refractivity contribution in [3.63, 3.8) is 0 Å². The van der Waals surface area contributed by atoms with Crippen LogP contribution in [0.2, 0.25) is 0 Å². The summed E-state index contributed by atoms with van der Waals surface area (Å²) in [5.41, 5.74) is 2.65. The lowest BCUT2D eigenvalue weighted by Crippen LogP contribution is -2.25. The summed E-state index contributed by atoms with van der Waals surface area (Å²) in [7, 11) is 1.88. The van der Waals surface area contributed by atoms with Gasteiger partial charge in [-0.25, -0.2) is 0 Å². The molecule has 1 aliphatic rings. The summed E-state index contributed by atoms with van der Waals surface area (Å²) >= 11 is 2.12. The van der Waals surface area contributed by atoms with Gasteiger partial charge in [0.15, 0.2) is 0 Å². The van der Waals surface area contributed by atoms with Crippen LogP contribution in [-0.4, -0.2) is 17.7 Å². The third-order valence-corrected chi connectivity index (χ3v) is 3.82. The molecule has 0 aliphatic carbocycles. The lowest BCUT2D eigenvalue weighted by Gasteiger charge is -2.15. The summed E-state index contributed by atoms with van der Waals surface area (Å²) < 4.78 is 2.63. The van der Waals surface area contributed by atoms with Gasteiger partial charge in [-0.05, 0) is 40.1 Å². The molecular weight excluding hydrogens is 303 g/mol. The summed E-state index contributed by atoms with van der Waals surface area (Å²) in [5.74, 6) is 0.489. The number of nitrogens with one attached hydrogen (secondary N) is 1. The number of hydrogen-bond donors (Lipinski definition) is 1. The normalized spacial score (nSPS) is 20.9. The minimum Gasteiger partial charge on any atom is -0.316 e. The summed E-state index contributed by atoms with van der Waals surface area (Å²) in [6.45, 7) is 4.17. The minimum absolute atomic E-state index is 0.128. The fraction of sp³-hybridized carbons (Fsp3) is 0.545. The van der Waals surface area contributed by atoms with E-state index in [0.717, 1.165) is 23.1 Å². The van der Waals surface area contributed by atoms with Crippen LogP contribution in [0, 0.1) is 3.57 Å². The Hall–Kier alpha value is -0.360. The summed E-state index contributed by atoms with van der Waals surface area (Å²) in [5, 5.41) is 3.39. The average Bonchev–Trinajstić information content (AvgIpc) is 2.39. The van der Waals surface area contributed by atoms with Gasteiger partial charge in [-0.1, -0.05) is 6.92 Å². The lowest BCUT2D eigenvalue weighted by molar-refractivity contribution is 0.643. The Bertz CT molecular complexity index is 439. The van der Waals surface area contributed by atoms with Gasteiger partial charge >= 0.3 is 0 Å². The van der Waals surface area contributed by atoms with Crippen molar-refractivity contribution in [3.8, 4) is 0 Å². The van der Waals surface area contributed by atoms with Crippen LogP contribution in [0.5, 0.6) is 0 Å². The zero-order valence-electron chi connectivity index (χ0n) is 9.01. The quantitative estimate of drug-likeness (QED) is 0.731. The van der Waals surface area contributed by atoms with Crippen LogP contribution in [0.25, 0.3) is 0 Å². The molecule has 0 saturated heterocycles. The Kier molecular flexibility index (Phi) is 3.16. The maximum atomic E-state index is 11.8. The molecule has 0 radical (unpaired) electrons. The van der Waals surface area contributed by atoms with Gasteiger partial charge in [0.25, 0.3) is 5.56 Å². The first-order valence-corrected chi connectivity index (χ1v) is 6.28. The molecule has 0 fully saturated rings. The van der Waals surface area contributed by atoms with Crippen molar-refractivity contribution in [2.75, 3.05) is 13.1 Å². The molecule has 1 N–H and O–H groups in total. The fourth-order valence-corrected chi connectivity index (χ4v) is 2.83. The van der Waals surface area contributed by atoms with Gasteiger partial charge in [-0.3, -0.25) is 4.79 Å². The van der Waals surface area contributed by atoms with Crippen molar-refractivity contribution in [1.29, 1.82) is 0 Å². The van der Waals surface area contributed by atoms with Crippen LogP contribution >= 0.6 is 22.6 Å². The van der Waals surface area contributed by atoms with E-state index in [1.54, 1.807) is 4.57 Å². The number of halogens is 1. The molecule has 0 amide bonds. The standard InChI is InChI=1S/C11H15IN2O/c1-7-6-13-4-3-10-8(7)5-9(12)11(15)14(10)2/h5,7,13H,3-4,6H2,1-2H3.